The van der Waals surface area contributed by atoms with E-state index in [9.17, 15) is 91.2 Å². The minimum absolute atomic E-state index is 0.00650. The van der Waals surface area contributed by atoms with Crippen molar-refractivity contribution in [1.29, 1.82) is 0 Å². The molecule has 0 aliphatic heterocycles. The van der Waals surface area contributed by atoms with Gasteiger partial charge in [-0.1, -0.05) is 26.3 Å². The molecule has 0 atom stereocenters. The Hall–Kier alpha value is -12.8. The zero-order chi connectivity index (χ0) is 63.2. The lowest BCUT2D eigenvalue weighted by Crippen LogP contribution is -1.98. The number of non-ortho nitro benzene ring substituents is 7. The van der Waals surface area contributed by atoms with Gasteiger partial charge in [-0.3, -0.25) is 70.8 Å². The van der Waals surface area contributed by atoms with Gasteiger partial charge in [0.1, 0.15) is 23.0 Å². The summed E-state index contributed by atoms with van der Waals surface area (Å²) in [6.07, 6.45) is 0.0488. The van der Waals surface area contributed by atoms with Crippen LogP contribution in [-0.4, -0.2) is 54.9 Å². The third-order valence-electron chi connectivity index (χ3n) is 11.9. The highest BCUT2D eigenvalue weighted by Gasteiger charge is 2.22. The second-order valence-electron chi connectivity index (χ2n) is 18.3. The van der Waals surface area contributed by atoms with Crippen molar-refractivity contribution in [2.45, 2.75) is 39.5 Å². The molecule has 8 rings (SSSR count). The van der Waals surface area contributed by atoms with Crippen molar-refractivity contribution in [1.82, 2.24) is 0 Å². The van der Waals surface area contributed by atoms with Crippen LogP contribution in [0.3, 0.4) is 0 Å². The summed E-state index contributed by atoms with van der Waals surface area (Å²) >= 11 is 0. The molecular weight excluding hydrogens is 1150 g/mol. The molecule has 440 valence electrons. The first kappa shape index (κ1) is 61.8. The summed E-state index contributed by atoms with van der Waals surface area (Å²) in [6.45, 7) is 4.25. The normalized spacial score (nSPS) is 11.2. The fourth-order valence-electron chi connectivity index (χ4n) is 7.98. The minimum atomic E-state index is -0.898. The number of hydrogen-bond acceptors (Lipinski definition) is 26. The standard InChI is InChI=1S/C51H33N15O18.C3H8/c67-48-6-4-34(53-52-33-2-1-3-41(17-33)60(71)72)11-27(48)8-29-13-36(55-58-39-20-44(63(77)78)25-45(21-39)64(79)80)15-31(50(29)69)10-32-16-37(56-59-40-22-46(65(81)82)26-47(23-40)66(83)84)14-30(51(32)70)9-28-12-35(5-7-49(28)68)54-57-38-18-42(61(73)74)24-43(19-38)62(75)76;1-3-2/h1-7,11-26,67-70H,8-10H2;3H2,1-2H3. The van der Waals surface area contributed by atoms with E-state index < -0.39 is 92.9 Å². The van der Waals surface area contributed by atoms with Gasteiger partial charge in [-0.25, -0.2) is 0 Å². The minimum Gasteiger partial charge on any atom is -0.508 e. The lowest BCUT2D eigenvalue weighted by Gasteiger charge is -2.16. The Morgan fingerprint density at radius 1 is 0.287 bits per heavy atom. The van der Waals surface area contributed by atoms with Crippen molar-refractivity contribution in [3.8, 4) is 23.0 Å². The Bertz CT molecular complexity index is 4140. The van der Waals surface area contributed by atoms with Gasteiger partial charge >= 0.3 is 0 Å². The zero-order valence-electron chi connectivity index (χ0n) is 44.8. The number of nitro benzene ring substituents is 7. The molecule has 33 heteroatoms. The highest BCUT2D eigenvalue weighted by Crippen LogP contribution is 2.41. The van der Waals surface area contributed by atoms with E-state index in [-0.39, 0.29) is 102 Å². The number of phenolic OH excluding ortho intramolecular Hbond substituents is 4. The molecular formula is C54H41N15O18. The van der Waals surface area contributed by atoms with Crippen LogP contribution in [0.25, 0.3) is 0 Å². The molecule has 0 spiro atoms. The summed E-state index contributed by atoms with van der Waals surface area (Å²) in [5, 5.41) is 160. The van der Waals surface area contributed by atoms with E-state index in [1.165, 1.54) is 91.3 Å². The van der Waals surface area contributed by atoms with Crippen LogP contribution in [0.1, 0.15) is 53.6 Å². The van der Waals surface area contributed by atoms with Crippen molar-refractivity contribution >= 4 is 85.3 Å². The molecule has 0 bridgehead atoms. The number of nitrogens with zero attached hydrogens (tertiary/aromatic N) is 15. The van der Waals surface area contributed by atoms with E-state index in [2.05, 4.69) is 54.8 Å². The van der Waals surface area contributed by atoms with Crippen LogP contribution in [0.4, 0.5) is 85.3 Å². The number of aromatic hydroxyl groups is 4. The SMILES string of the molecule is CCC.O=[N+]([O-])c1cccc(N=Nc2ccc(O)c(Cc3cc(N=Nc4cc([N+](=O)[O-])cc([N+](=O)[O-])c4)cc(Cc4cc(N=Nc5cc([N+](=O)[O-])cc([N+](=O)[O-])c5)cc(Cc5cc(N=Nc6cc([N+](=O)[O-])cc([N+](=O)[O-])c6)ccc5O)c4O)c3O)c2)c1. The molecule has 8 aromatic rings. The predicted molar refractivity (Wildman–Crippen MR) is 306 cm³/mol. The van der Waals surface area contributed by atoms with Gasteiger partial charge in [0.25, 0.3) is 39.8 Å². The molecule has 0 fully saturated rings. The maximum absolute atomic E-state index is 12.1. The number of phenols is 4. The van der Waals surface area contributed by atoms with Gasteiger partial charge in [-0.15, -0.1) is 0 Å². The summed E-state index contributed by atoms with van der Waals surface area (Å²) in [5.41, 5.74) is -5.46. The molecule has 0 heterocycles. The van der Waals surface area contributed by atoms with Crippen LogP contribution in [-0.2, 0) is 19.3 Å². The summed E-state index contributed by atoms with van der Waals surface area (Å²) in [7, 11) is 0. The van der Waals surface area contributed by atoms with Crippen molar-refractivity contribution in [3.05, 3.63) is 244 Å². The van der Waals surface area contributed by atoms with E-state index in [4.69, 9.17) is 0 Å². The number of benzene rings is 8. The predicted octanol–water partition coefficient (Wildman–Crippen LogP) is 15.7. The molecule has 87 heavy (non-hydrogen) atoms. The summed E-state index contributed by atoms with van der Waals surface area (Å²) in [6, 6.07) is 25.6. The zero-order valence-corrected chi connectivity index (χ0v) is 44.8. The number of nitro groups is 7. The molecule has 8 aromatic carbocycles. The van der Waals surface area contributed by atoms with Crippen LogP contribution < -0.4 is 0 Å². The van der Waals surface area contributed by atoms with Gasteiger partial charge in [0.15, 0.2) is 0 Å². The maximum Gasteiger partial charge on any atom is 0.278 e. The van der Waals surface area contributed by atoms with E-state index >= 15 is 0 Å². The first-order valence-corrected chi connectivity index (χ1v) is 24.9. The summed E-state index contributed by atoms with van der Waals surface area (Å²) in [5.74, 6) is -1.72. The van der Waals surface area contributed by atoms with Crippen LogP contribution in [0.2, 0.25) is 0 Å². The fraction of sp³-hybridized carbons (Fsp3) is 0.111. The lowest BCUT2D eigenvalue weighted by molar-refractivity contribution is -0.394. The Morgan fingerprint density at radius 2 is 0.506 bits per heavy atom. The lowest BCUT2D eigenvalue weighted by atomic mass is 9.93. The molecule has 0 saturated carbocycles. The Balaban J connectivity index is 0.00000353. The van der Waals surface area contributed by atoms with Crippen LogP contribution >= 0.6 is 0 Å². The average molecular weight is 1190 g/mol. The van der Waals surface area contributed by atoms with Gasteiger partial charge in [0, 0.05) is 101 Å². The second-order valence-corrected chi connectivity index (χ2v) is 18.3. The molecule has 0 aliphatic carbocycles. The third kappa shape index (κ3) is 16.2. The highest BCUT2D eigenvalue weighted by molar-refractivity contribution is 5.63. The van der Waals surface area contributed by atoms with E-state index in [1.54, 1.807) is 0 Å². The van der Waals surface area contributed by atoms with Gasteiger partial charge in [-0.05, 0) is 66.7 Å². The second kappa shape index (κ2) is 27.3. The first-order chi connectivity index (χ1) is 41.4. The molecule has 0 amide bonds. The Morgan fingerprint density at radius 3 is 0.782 bits per heavy atom. The maximum atomic E-state index is 12.1. The largest absolute Gasteiger partial charge is 0.508 e. The van der Waals surface area contributed by atoms with Gasteiger partial charge in [-0.2, -0.15) is 40.9 Å². The fourth-order valence-corrected chi connectivity index (χ4v) is 7.98. The van der Waals surface area contributed by atoms with Crippen molar-refractivity contribution in [2.24, 2.45) is 40.9 Å². The molecule has 4 N–H and O–H groups in total. The topological polar surface area (TPSA) is 482 Å². The summed E-state index contributed by atoms with van der Waals surface area (Å²) < 4.78 is 0. The van der Waals surface area contributed by atoms with Crippen LogP contribution in [0, 0.1) is 70.8 Å². The van der Waals surface area contributed by atoms with Crippen molar-refractivity contribution in [2.75, 3.05) is 0 Å². The smallest absolute Gasteiger partial charge is 0.278 e. The van der Waals surface area contributed by atoms with E-state index in [0.717, 1.165) is 42.5 Å². The Labute approximate surface area is 486 Å². The monoisotopic (exact) mass is 1190 g/mol. The number of azo groups is 4. The van der Waals surface area contributed by atoms with Crippen molar-refractivity contribution in [3.63, 3.8) is 0 Å². The van der Waals surface area contributed by atoms with Gasteiger partial charge in [0.2, 0.25) is 0 Å². The highest BCUT2D eigenvalue weighted by atomic mass is 16.7. The molecule has 0 radical (unpaired) electrons. The molecule has 0 aliphatic rings. The third-order valence-corrected chi connectivity index (χ3v) is 11.9. The van der Waals surface area contributed by atoms with E-state index in [1.807, 2.05) is 0 Å². The quantitative estimate of drug-likeness (QED) is 0.0295. The van der Waals surface area contributed by atoms with E-state index in [0.29, 0.717) is 12.1 Å². The van der Waals surface area contributed by atoms with Crippen LogP contribution in [0.5, 0.6) is 23.0 Å². The molecule has 0 unspecified atom stereocenters. The van der Waals surface area contributed by atoms with Crippen LogP contribution in [0.15, 0.2) is 180 Å². The van der Waals surface area contributed by atoms with Crippen molar-refractivity contribution < 1.29 is 54.9 Å². The Kier molecular flexibility index (Phi) is 19.4. The first-order valence-electron chi connectivity index (χ1n) is 24.9. The molecule has 0 saturated heterocycles. The molecule has 33 nitrogen and oxygen atoms in total. The average Bonchev–Trinajstić information content (AvgIpc) is 1.68. The number of rotatable bonds is 21. The summed E-state index contributed by atoms with van der Waals surface area (Å²) in [4.78, 5) is 75.1. The molecule has 0 aromatic heterocycles. The van der Waals surface area contributed by atoms with Gasteiger partial charge < -0.3 is 20.4 Å². The van der Waals surface area contributed by atoms with Gasteiger partial charge in [0.05, 0.1) is 98.2 Å². The number of hydrogen-bond donors (Lipinski definition) is 4.